The number of nitrogens with two attached hydrogens (primary N) is 1. The molecular formula is C11H12FN3. The third-order valence-electron chi connectivity index (χ3n) is 2.37. The number of hydrogen-bond donors (Lipinski definition) is 1. The molecule has 0 aliphatic rings. The Balaban J connectivity index is 2.58. The lowest BCUT2D eigenvalue weighted by Gasteiger charge is -2.04. The lowest BCUT2D eigenvalue weighted by Crippen LogP contribution is -1.93. The van der Waals surface area contributed by atoms with Gasteiger partial charge in [0.2, 0.25) is 0 Å². The summed E-state index contributed by atoms with van der Waals surface area (Å²) in [6, 6.07) is 3.08. The van der Waals surface area contributed by atoms with Gasteiger partial charge in [0.1, 0.15) is 5.82 Å². The Labute approximate surface area is 87.3 Å². The van der Waals surface area contributed by atoms with Crippen LogP contribution in [0.1, 0.15) is 5.56 Å². The number of rotatable bonds is 1. The van der Waals surface area contributed by atoms with Crippen molar-refractivity contribution in [2.45, 2.75) is 6.92 Å². The molecule has 0 bridgehead atoms. The molecule has 3 nitrogen and oxygen atoms in total. The van der Waals surface area contributed by atoms with Gasteiger partial charge in [-0.3, -0.25) is 4.68 Å². The number of benzene rings is 1. The quantitative estimate of drug-likeness (QED) is 0.725. The molecule has 0 saturated heterocycles. The molecule has 2 N–H and O–H groups in total. The van der Waals surface area contributed by atoms with Gasteiger partial charge in [-0.25, -0.2) is 4.39 Å². The van der Waals surface area contributed by atoms with E-state index in [0.29, 0.717) is 11.3 Å². The minimum absolute atomic E-state index is 0.314. The molecule has 4 heteroatoms. The van der Waals surface area contributed by atoms with Crippen LogP contribution in [0.4, 0.5) is 10.1 Å². The normalized spacial score (nSPS) is 10.6. The molecule has 0 saturated carbocycles. The van der Waals surface area contributed by atoms with Gasteiger partial charge in [0, 0.05) is 30.1 Å². The summed E-state index contributed by atoms with van der Waals surface area (Å²) in [7, 11) is 1.80. The van der Waals surface area contributed by atoms with Crippen molar-refractivity contribution < 1.29 is 4.39 Å². The first-order chi connectivity index (χ1) is 7.08. The molecule has 0 unspecified atom stereocenters. The lowest BCUT2D eigenvalue weighted by atomic mass is 10.0. The first kappa shape index (κ1) is 9.71. The molecule has 1 aromatic heterocycles. The number of nitrogen functional groups attached to an aromatic ring is 1. The predicted octanol–water partition coefficient (Wildman–Crippen LogP) is 2.12. The van der Waals surface area contributed by atoms with E-state index in [9.17, 15) is 4.39 Å². The van der Waals surface area contributed by atoms with Gasteiger partial charge in [-0.1, -0.05) is 0 Å². The fourth-order valence-electron chi connectivity index (χ4n) is 1.48. The molecular weight excluding hydrogens is 193 g/mol. The number of aromatic nitrogens is 2. The monoisotopic (exact) mass is 205 g/mol. The molecule has 15 heavy (non-hydrogen) atoms. The SMILES string of the molecule is Cc1cc(-c2cnn(C)c2)c(F)cc1N. The standard InChI is InChI=1S/C11H12FN3/c1-7-3-9(10(12)4-11(7)13)8-5-14-15(2)6-8/h3-6H,13H2,1-2H3. The van der Waals surface area contributed by atoms with E-state index in [1.54, 1.807) is 30.2 Å². The largest absolute Gasteiger partial charge is 0.398 e. The first-order valence-electron chi connectivity index (χ1n) is 4.62. The highest BCUT2D eigenvalue weighted by atomic mass is 19.1. The van der Waals surface area contributed by atoms with E-state index in [2.05, 4.69) is 5.10 Å². The molecule has 0 aliphatic carbocycles. The Hall–Kier alpha value is -1.84. The van der Waals surface area contributed by atoms with Crippen LogP contribution in [0.15, 0.2) is 24.5 Å². The number of anilines is 1. The maximum atomic E-state index is 13.6. The minimum atomic E-state index is -0.314. The third-order valence-corrected chi connectivity index (χ3v) is 2.37. The van der Waals surface area contributed by atoms with E-state index >= 15 is 0 Å². The predicted molar refractivity (Wildman–Crippen MR) is 57.8 cm³/mol. The highest BCUT2D eigenvalue weighted by molar-refractivity contribution is 5.67. The van der Waals surface area contributed by atoms with Crippen LogP contribution >= 0.6 is 0 Å². The van der Waals surface area contributed by atoms with Crippen LogP contribution in [-0.4, -0.2) is 9.78 Å². The van der Waals surface area contributed by atoms with Crippen LogP contribution in [-0.2, 0) is 7.05 Å². The van der Waals surface area contributed by atoms with Crippen molar-refractivity contribution in [2.24, 2.45) is 7.05 Å². The third kappa shape index (κ3) is 1.70. The molecule has 2 aromatic rings. The zero-order valence-corrected chi connectivity index (χ0v) is 8.66. The second-order valence-electron chi connectivity index (χ2n) is 3.59. The van der Waals surface area contributed by atoms with Crippen LogP contribution in [0, 0.1) is 12.7 Å². The molecule has 0 spiro atoms. The summed E-state index contributed by atoms with van der Waals surface area (Å²) in [4.78, 5) is 0. The van der Waals surface area contributed by atoms with Gasteiger partial charge in [-0.05, 0) is 24.6 Å². The number of halogens is 1. The van der Waals surface area contributed by atoms with Crippen molar-refractivity contribution in [3.63, 3.8) is 0 Å². The molecule has 0 fully saturated rings. The molecule has 78 valence electrons. The maximum Gasteiger partial charge on any atom is 0.133 e. The van der Waals surface area contributed by atoms with Gasteiger partial charge in [0.15, 0.2) is 0 Å². The van der Waals surface area contributed by atoms with E-state index in [4.69, 9.17) is 5.73 Å². The van der Waals surface area contributed by atoms with Crippen molar-refractivity contribution in [3.05, 3.63) is 35.9 Å². The van der Waals surface area contributed by atoms with Gasteiger partial charge in [-0.15, -0.1) is 0 Å². The van der Waals surface area contributed by atoms with Gasteiger partial charge in [-0.2, -0.15) is 5.10 Å². The Morgan fingerprint density at radius 2 is 2.13 bits per heavy atom. The average molecular weight is 205 g/mol. The molecule has 0 aliphatic heterocycles. The molecule has 2 rings (SSSR count). The molecule has 0 radical (unpaired) electrons. The zero-order valence-electron chi connectivity index (χ0n) is 8.66. The van der Waals surface area contributed by atoms with Crippen LogP contribution < -0.4 is 5.73 Å². The fourth-order valence-corrected chi connectivity index (χ4v) is 1.48. The summed E-state index contributed by atoms with van der Waals surface area (Å²) in [6.45, 7) is 1.86. The summed E-state index contributed by atoms with van der Waals surface area (Å²) in [5, 5.41) is 4.00. The van der Waals surface area contributed by atoms with E-state index in [-0.39, 0.29) is 5.82 Å². The summed E-state index contributed by atoms with van der Waals surface area (Å²) in [6.07, 6.45) is 3.40. The smallest absolute Gasteiger partial charge is 0.133 e. The second kappa shape index (κ2) is 3.38. The van der Waals surface area contributed by atoms with Crippen LogP contribution in [0.5, 0.6) is 0 Å². The first-order valence-corrected chi connectivity index (χ1v) is 4.62. The Morgan fingerprint density at radius 1 is 1.40 bits per heavy atom. The molecule has 1 aromatic carbocycles. The molecule has 1 heterocycles. The summed E-state index contributed by atoms with van der Waals surface area (Å²) in [5.74, 6) is -0.314. The highest BCUT2D eigenvalue weighted by Gasteiger charge is 2.09. The van der Waals surface area contributed by atoms with E-state index in [1.807, 2.05) is 6.92 Å². The van der Waals surface area contributed by atoms with E-state index < -0.39 is 0 Å². The Kier molecular flexibility index (Phi) is 2.19. The van der Waals surface area contributed by atoms with E-state index in [1.165, 1.54) is 6.07 Å². The maximum absolute atomic E-state index is 13.6. The second-order valence-corrected chi connectivity index (χ2v) is 3.59. The Morgan fingerprint density at radius 3 is 2.73 bits per heavy atom. The highest BCUT2D eigenvalue weighted by Crippen LogP contribution is 2.26. The number of aryl methyl sites for hydroxylation is 2. The average Bonchev–Trinajstić information content (AvgIpc) is 2.58. The topological polar surface area (TPSA) is 43.8 Å². The lowest BCUT2D eigenvalue weighted by molar-refractivity contribution is 0.631. The molecule has 0 atom stereocenters. The van der Waals surface area contributed by atoms with E-state index in [0.717, 1.165) is 11.1 Å². The van der Waals surface area contributed by atoms with Crippen molar-refractivity contribution >= 4 is 5.69 Å². The van der Waals surface area contributed by atoms with Crippen LogP contribution in [0.3, 0.4) is 0 Å². The number of hydrogen-bond acceptors (Lipinski definition) is 2. The molecule has 0 amide bonds. The van der Waals surface area contributed by atoms with Crippen molar-refractivity contribution in [1.82, 2.24) is 9.78 Å². The zero-order chi connectivity index (χ0) is 11.0. The van der Waals surface area contributed by atoms with Crippen molar-refractivity contribution in [1.29, 1.82) is 0 Å². The van der Waals surface area contributed by atoms with Gasteiger partial charge in [0.25, 0.3) is 0 Å². The van der Waals surface area contributed by atoms with Crippen molar-refractivity contribution in [2.75, 3.05) is 5.73 Å². The van der Waals surface area contributed by atoms with Crippen molar-refractivity contribution in [3.8, 4) is 11.1 Å². The van der Waals surface area contributed by atoms with Gasteiger partial charge in [0.05, 0.1) is 6.20 Å². The fraction of sp³-hybridized carbons (Fsp3) is 0.182. The van der Waals surface area contributed by atoms with Crippen LogP contribution in [0.2, 0.25) is 0 Å². The summed E-state index contributed by atoms with van der Waals surface area (Å²) < 4.78 is 15.2. The Bertz CT molecular complexity index is 503. The minimum Gasteiger partial charge on any atom is -0.398 e. The van der Waals surface area contributed by atoms with Gasteiger partial charge >= 0.3 is 0 Å². The van der Waals surface area contributed by atoms with Gasteiger partial charge < -0.3 is 5.73 Å². The number of nitrogens with zero attached hydrogens (tertiary/aromatic N) is 2. The summed E-state index contributed by atoms with van der Waals surface area (Å²) >= 11 is 0. The summed E-state index contributed by atoms with van der Waals surface area (Å²) in [5.41, 5.74) is 8.25. The van der Waals surface area contributed by atoms with Crippen LogP contribution in [0.25, 0.3) is 11.1 Å².